The molecule has 0 aliphatic heterocycles. The SMILES string of the molecule is CCOC(=O)c1cc(NC2CCCCC2)c(F)cc1N. The molecule has 0 heterocycles. The van der Waals surface area contributed by atoms with Crippen LogP contribution in [0.15, 0.2) is 12.1 Å². The number of nitrogens with one attached hydrogen (secondary N) is 1. The van der Waals surface area contributed by atoms with Crippen LogP contribution in [0.1, 0.15) is 49.4 Å². The van der Waals surface area contributed by atoms with Crippen LogP contribution < -0.4 is 11.1 Å². The van der Waals surface area contributed by atoms with Crippen LogP contribution in [0, 0.1) is 5.82 Å². The van der Waals surface area contributed by atoms with Gasteiger partial charge in [-0.05, 0) is 31.9 Å². The first-order valence-corrected chi connectivity index (χ1v) is 7.14. The molecule has 0 bridgehead atoms. The van der Waals surface area contributed by atoms with Crippen LogP contribution in [0.4, 0.5) is 15.8 Å². The fourth-order valence-electron chi connectivity index (χ4n) is 2.55. The molecule has 0 unspecified atom stereocenters. The highest BCUT2D eigenvalue weighted by molar-refractivity contribution is 5.96. The molecule has 0 amide bonds. The van der Waals surface area contributed by atoms with E-state index in [9.17, 15) is 9.18 Å². The molecule has 0 aromatic heterocycles. The number of hydrogen-bond donors (Lipinski definition) is 2. The number of halogens is 1. The molecule has 20 heavy (non-hydrogen) atoms. The average Bonchev–Trinajstić information content (AvgIpc) is 2.43. The van der Waals surface area contributed by atoms with Crippen molar-refractivity contribution in [2.24, 2.45) is 0 Å². The first-order chi connectivity index (χ1) is 9.61. The minimum atomic E-state index is -0.517. The molecule has 0 atom stereocenters. The Balaban J connectivity index is 2.19. The lowest BCUT2D eigenvalue weighted by Gasteiger charge is -2.24. The van der Waals surface area contributed by atoms with Gasteiger partial charge >= 0.3 is 5.97 Å². The van der Waals surface area contributed by atoms with Crippen molar-refractivity contribution in [3.63, 3.8) is 0 Å². The van der Waals surface area contributed by atoms with Gasteiger partial charge in [-0.3, -0.25) is 0 Å². The summed E-state index contributed by atoms with van der Waals surface area (Å²) in [6, 6.07) is 2.89. The number of carbonyl (C=O) groups excluding carboxylic acids is 1. The molecule has 1 aromatic carbocycles. The molecule has 1 aliphatic carbocycles. The highest BCUT2D eigenvalue weighted by atomic mass is 19.1. The topological polar surface area (TPSA) is 64.3 Å². The van der Waals surface area contributed by atoms with E-state index < -0.39 is 11.8 Å². The van der Waals surface area contributed by atoms with Crippen LogP contribution in [0.5, 0.6) is 0 Å². The van der Waals surface area contributed by atoms with Crippen molar-refractivity contribution >= 4 is 17.3 Å². The summed E-state index contributed by atoms with van der Waals surface area (Å²) in [4.78, 5) is 11.8. The average molecular weight is 280 g/mol. The van der Waals surface area contributed by atoms with Gasteiger partial charge in [-0.15, -0.1) is 0 Å². The maximum atomic E-state index is 13.9. The molecule has 0 spiro atoms. The van der Waals surface area contributed by atoms with Gasteiger partial charge in [0.1, 0.15) is 5.82 Å². The molecule has 4 nitrogen and oxygen atoms in total. The molecule has 1 fully saturated rings. The number of carbonyl (C=O) groups is 1. The van der Waals surface area contributed by atoms with Gasteiger partial charge in [0.05, 0.1) is 17.9 Å². The highest BCUT2D eigenvalue weighted by Crippen LogP contribution is 2.27. The van der Waals surface area contributed by atoms with Gasteiger partial charge in [0.25, 0.3) is 0 Å². The van der Waals surface area contributed by atoms with Crippen LogP contribution in [-0.2, 0) is 4.74 Å². The van der Waals surface area contributed by atoms with Crippen molar-refractivity contribution < 1.29 is 13.9 Å². The van der Waals surface area contributed by atoms with E-state index in [0.717, 1.165) is 25.7 Å². The van der Waals surface area contributed by atoms with Crippen molar-refractivity contribution in [2.75, 3.05) is 17.7 Å². The summed E-state index contributed by atoms with van der Waals surface area (Å²) >= 11 is 0. The number of nitrogen functional groups attached to an aromatic ring is 1. The van der Waals surface area contributed by atoms with Gasteiger partial charge in [-0.25, -0.2) is 9.18 Å². The third-order valence-electron chi connectivity index (χ3n) is 3.60. The second-order valence-corrected chi connectivity index (χ2v) is 5.12. The summed E-state index contributed by atoms with van der Waals surface area (Å²) in [5.41, 5.74) is 6.33. The molecule has 1 aromatic rings. The summed E-state index contributed by atoms with van der Waals surface area (Å²) in [6.07, 6.45) is 5.59. The number of hydrogen-bond acceptors (Lipinski definition) is 4. The van der Waals surface area contributed by atoms with E-state index in [1.165, 1.54) is 18.6 Å². The van der Waals surface area contributed by atoms with E-state index in [1.54, 1.807) is 6.92 Å². The standard InChI is InChI=1S/C15H21FN2O2/c1-2-20-15(19)11-8-14(12(16)9-13(11)17)18-10-6-4-3-5-7-10/h8-10,18H,2-7,17H2,1H3. The van der Waals surface area contributed by atoms with Gasteiger partial charge in [0, 0.05) is 11.7 Å². The second-order valence-electron chi connectivity index (χ2n) is 5.12. The van der Waals surface area contributed by atoms with Gasteiger partial charge in [0.2, 0.25) is 0 Å². The third kappa shape index (κ3) is 3.40. The zero-order valence-electron chi connectivity index (χ0n) is 11.7. The quantitative estimate of drug-likeness (QED) is 0.656. The van der Waals surface area contributed by atoms with Crippen molar-refractivity contribution in [1.29, 1.82) is 0 Å². The first-order valence-electron chi connectivity index (χ1n) is 7.14. The lowest BCUT2D eigenvalue weighted by molar-refractivity contribution is 0.0527. The summed E-state index contributed by atoms with van der Waals surface area (Å²) in [7, 11) is 0. The number of benzene rings is 1. The molecule has 110 valence electrons. The van der Waals surface area contributed by atoms with E-state index in [1.807, 2.05) is 0 Å². The Labute approximate surface area is 118 Å². The molecular weight excluding hydrogens is 259 g/mol. The zero-order valence-corrected chi connectivity index (χ0v) is 11.7. The van der Waals surface area contributed by atoms with Crippen molar-refractivity contribution in [1.82, 2.24) is 0 Å². The molecule has 0 saturated heterocycles. The van der Waals surface area contributed by atoms with Crippen molar-refractivity contribution in [2.45, 2.75) is 45.1 Å². The van der Waals surface area contributed by atoms with Gasteiger partial charge in [-0.1, -0.05) is 19.3 Å². The fourth-order valence-corrected chi connectivity index (χ4v) is 2.55. The van der Waals surface area contributed by atoms with Gasteiger partial charge in [-0.2, -0.15) is 0 Å². The maximum Gasteiger partial charge on any atom is 0.340 e. The monoisotopic (exact) mass is 280 g/mol. The normalized spacial score (nSPS) is 15.9. The number of ether oxygens (including phenoxy) is 1. The van der Waals surface area contributed by atoms with Crippen LogP contribution in [0.2, 0.25) is 0 Å². The Bertz CT molecular complexity index is 485. The molecular formula is C15H21FN2O2. The maximum absolute atomic E-state index is 13.9. The van der Waals surface area contributed by atoms with Crippen LogP contribution in [0.3, 0.4) is 0 Å². The van der Waals surface area contributed by atoms with E-state index in [4.69, 9.17) is 10.5 Å². The summed E-state index contributed by atoms with van der Waals surface area (Å²) < 4.78 is 18.9. The Morgan fingerprint density at radius 1 is 1.40 bits per heavy atom. The van der Waals surface area contributed by atoms with Gasteiger partial charge < -0.3 is 15.8 Å². The Morgan fingerprint density at radius 2 is 2.10 bits per heavy atom. The summed E-state index contributed by atoms with van der Waals surface area (Å²) in [6.45, 7) is 1.99. The number of esters is 1. The Hall–Kier alpha value is -1.78. The van der Waals surface area contributed by atoms with Crippen LogP contribution in [0.25, 0.3) is 0 Å². The Morgan fingerprint density at radius 3 is 2.75 bits per heavy atom. The number of rotatable bonds is 4. The van der Waals surface area contributed by atoms with E-state index in [2.05, 4.69) is 5.32 Å². The van der Waals surface area contributed by atoms with E-state index in [-0.39, 0.29) is 23.9 Å². The summed E-state index contributed by atoms with van der Waals surface area (Å²) in [5.74, 6) is -0.946. The van der Waals surface area contributed by atoms with E-state index >= 15 is 0 Å². The predicted molar refractivity (Wildman–Crippen MR) is 77.3 cm³/mol. The third-order valence-corrected chi connectivity index (χ3v) is 3.60. The molecule has 5 heteroatoms. The van der Waals surface area contributed by atoms with Crippen LogP contribution >= 0.6 is 0 Å². The minimum absolute atomic E-state index is 0.107. The predicted octanol–water partition coefficient (Wildman–Crippen LogP) is 3.33. The smallest absolute Gasteiger partial charge is 0.340 e. The fraction of sp³-hybridized carbons (Fsp3) is 0.533. The first kappa shape index (κ1) is 14.6. The molecule has 2 rings (SSSR count). The van der Waals surface area contributed by atoms with Crippen LogP contribution in [-0.4, -0.2) is 18.6 Å². The summed E-state index contributed by atoms with van der Waals surface area (Å²) in [5, 5.41) is 3.18. The van der Waals surface area contributed by atoms with Gasteiger partial charge in [0.15, 0.2) is 0 Å². The van der Waals surface area contributed by atoms with E-state index in [0.29, 0.717) is 5.69 Å². The van der Waals surface area contributed by atoms with Crippen molar-refractivity contribution in [3.05, 3.63) is 23.5 Å². The second kappa shape index (κ2) is 6.59. The van der Waals surface area contributed by atoms with Crippen molar-refractivity contribution in [3.8, 4) is 0 Å². The number of nitrogens with two attached hydrogens (primary N) is 1. The highest BCUT2D eigenvalue weighted by Gasteiger charge is 2.18. The number of anilines is 2. The lowest BCUT2D eigenvalue weighted by atomic mass is 9.95. The molecule has 1 saturated carbocycles. The molecule has 0 radical (unpaired) electrons. The zero-order chi connectivity index (χ0) is 14.5. The Kier molecular flexibility index (Phi) is 4.82. The largest absolute Gasteiger partial charge is 0.462 e. The molecule has 1 aliphatic rings. The lowest BCUT2D eigenvalue weighted by Crippen LogP contribution is -2.23. The molecule has 3 N–H and O–H groups in total. The minimum Gasteiger partial charge on any atom is -0.462 e.